The van der Waals surface area contributed by atoms with Crippen molar-refractivity contribution in [1.29, 1.82) is 0 Å². The maximum absolute atomic E-state index is 4.69. The summed E-state index contributed by atoms with van der Waals surface area (Å²) in [5.74, 6) is 2.74. The van der Waals surface area contributed by atoms with Gasteiger partial charge in [-0.3, -0.25) is 4.68 Å². The van der Waals surface area contributed by atoms with Crippen molar-refractivity contribution in [3.8, 4) is 0 Å². The molecule has 0 unspecified atom stereocenters. The van der Waals surface area contributed by atoms with Crippen molar-refractivity contribution in [2.75, 3.05) is 6.54 Å². The molecule has 1 saturated carbocycles. The van der Waals surface area contributed by atoms with E-state index >= 15 is 0 Å². The van der Waals surface area contributed by atoms with Crippen LogP contribution in [0.4, 0.5) is 0 Å². The van der Waals surface area contributed by atoms with E-state index in [9.17, 15) is 0 Å². The third-order valence-electron chi connectivity index (χ3n) is 3.55. The summed E-state index contributed by atoms with van der Waals surface area (Å²) < 4.78 is 1.94. The van der Waals surface area contributed by atoms with Crippen LogP contribution >= 0.6 is 0 Å². The molecule has 1 aliphatic carbocycles. The van der Waals surface area contributed by atoms with E-state index in [1.807, 2.05) is 11.7 Å². The average molecular weight is 236 g/mol. The molecule has 0 spiro atoms. The maximum Gasteiger partial charge on any atom is 0.154 e. The second-order valence-corrected chi connectivity index (χ2v) is 5.02. The van der Waals surface area contributed by atoms with Crippen molar-refractivity contribution in [2.45, 2.75) is 57.9 Å². The molecule has 1 heterocycles. The van der Waals surface area contributed by atoms with Crippen LogP contribution in [-0.2, 0) is 13.6 Å². The van der Waals surface area contributed by atoms with Crippen molar-refractivity contribution >= 4 is 0 Å². The fourth-order valence-electron chi connectivity index (χ4n) is 2.50. The summed E-state index contributed by atoms with van der Waals surface area (Å²) >= 11 is 0. The molecule has 17 heavy (non-hydrogen) atoms. The molecule has 4 nitrogen and oxygen atoms in total. The summed E-state index contributed by atoms with van der Waals surface area (Å²) in [5.41, 5.74) is 0. The highest BCUT2D eigenvalue weighted by Crippen LogP contribution is 2.30. The van der Waals surface area contributed by atoms with Crippen molar-refractivity contribution in [3.05, 3.63) is 11.6 Å². The van der Waals surface area contributed by atoms with Crippen LogP contribution < -0.4 is 5.32 Å². The van der Waals surface area contributed by atoms with Crippen molar-refractivity contribution in [2.24, 2.45) is 7.05 Å². The molecule has 0 amide bonds. The quantitative estimate of drug-likeness (QED) is 0.798. The summed E-state index contributed by atoms with van der Waals surface area (Å²) in [6.07, 6.45) is 7.76. The molecular formula is C13H24N4. The summed E-state index contributed by atoms with van der Waals surface area (Å²) in [7, 11) is 2.00. The average Bonchev–Trinajstić information content (AvgIpc) is 2.73. The third kappa shape index (κ3) is 3.28. The highest BCUT2D eigenvalue weighted by Gasteiger charge is 2.20. The standard InChI is InChI=1S/C13H24N4/c1-3-9-14-10-12-15-13(16-17(12)2)11-7-5-4-6-8-11/h11,14H,3-10H2,1-2H3. The van der Waals surface area contributed by atoms with E-state index in [1.165, 1.54) is 32.1 Å². The first kappa shape index (κ1) is 12.6. The van der Waals surface area contributed by atoms with Gasteiger partial charge in [-0.05, 0) is 25.8 Å². The summed E-state index contributed by atoms with van der Waals surface area (Å²) in [4.78, 5) is 4.69. The van der Waals surface area contributed by atoms with Gasteiger partial charge in [-0.25, -0.2) is 4.98 Å². The Bertz CT molecular complexity index is 339. The number of aromatic nitrogens is 3. The van der Waals surface area contributed by atoms with Gasteiger partial charge in [0.1, 0.15) is 5.82 Å². The molecule has 0 radical (unpaired) electrons. The smallest absolute Gasteiger partial charge is 0.154 e. The van der Waals surface area contributed by atoms with E-state index in [1.54, 1.807) is 0 Å². The van der Waals surface area contributed by atoms with Crippen LogP contribution in [0.2, 0.25) is 0 Å². The van der Waals surface area contributed by atoms with Crippen LogP contribution in [-0.4, -0.2) is 21.3 Å². The zero-order valence-corrected chi connectivity index (χ0v) is 11.1. The van der Waals surface area contributed by atoms with E-state index in [0.717, 1.165) is 31.2 Å². The molecule has 0 aromatic carbocycles. The van der Waals surface area contributed by atoms with Gasteiger partial charge >= 0.3 is 0 Å². The fourth-order valence-corrected chi connectivity index (χ4v) is 2.50. The second kappa shape index (κ2) is 6.15. The molecule has 1 aliphatic rings. The van der Waals surface area contributed by atoms with Crippen LogP contribution in [0.3, 0.4) is 0 Å². The Hall–Kier alpha value is -0.900. The van der Waals surface area contributed by atoms with Crippen LogP contribution in [0.15, 0.2) is 0 Å². The monoisotopic (exact) mass is 236 g/mol. The molecule has 1 aromatic rings. The molecule has 0 atom stereocenters. The minimum Gasteiger partial charge on any atom is -0.310 e. The highest BCUT2D eigenvalue weighted by molar-refractivity contribution is 5.00. The number of aryl methyl sites for hydroxylation is 1. The van der Waals surface area contributed by atoms with Gasteiger partial charge in [0.2, 0.25) is 0 Å². The van der Waals surface area contributed by atoms with E-state index < -0.39 is 0 Å². The molecule has 0 saturated heterocycles. The summed E-state index contributed by atoms with van der Waals surface area (Å²) in [6, 6.07) is 0. The molecule has 0 aliphatic heterocycles. The highest BCUT2D eigenvalue weighted by atomic mass is 15.3. The maximum atomic E-state index is 4.69. The van der Waals surface area contributed by atoms with Gasteiger partial charge < -0.3 is 5.32 Å². The lowest BCUT2D eigenvalue weighted by Gasteiger charge is -2.18. The first-order valence-corrected chi connectivity index (χ1v) is 6.91. The van der Waals surface area contributed by atoms with Crippen molar-refractivity contribution < 1.29 is 0 Å². The summed E-state index contributed by atoms with van der Waals surface area (Å²) in [5, 5.41) is 7.96. The minimum absolute atomic E-state index is 0.606. The second-order valence-electron chi connectivity index (χ2n) is 5.02. The number of nitrogens with one attached hydrogen (secondary N) is 1. The van der Waals surface area contributed by atoms with E-state index in [2.05, 4.69) is 17.3 Å². The van der Waals surface area contributed by atoms with Crippen molar-refractivity contribution in [3.63, 3.8) is 0 Å². The first-order valence-electron chi connectivity index (χ1n) is 6.91. The van der Waals surface area contributed by atoms with Gasteiger partial charge in [0.25, 0.3) is 0 Å². The van der Waals surface area contributed by atoms with Crippen molar-refractivity contribution in [1.82, 2.24) is 20.1 Å². The normalized spacial score (nSPS) is 17.5. The zero-order valence-electron chi connectivity index (χ0n) is 11.1. The van der Waals surface area contributed by atoms with Crippen LogP contribution in [0.25, 0.3) is 0 Å². The van der Waals surface area contributed by atoms with Crippen LogP contribution in [0.5, 0.6) is 0 Å². The topological polar surface area (TPSA) is 42.7 Å². The van der Waals surface area contributed by atoms with Gasteiger partial charge in [0.15, 0.2) is 5.82 Å². The van der Waals surface area contributed by atoms with E-state index in [4.69, 9.17) is 4.98 Å². The van der Waals surface area contributed by atoms with E-state index in [-0.39, 0.29) is 0 Å². The van der Waals surface area contributed by atoms with E-state index in [0.29, 0.717) is 5.92 Å². The molecule has 1 aromatic heterocycles. The predicted molar refractivity (Wildman–Crippen MR) is 68.8 cm³/mol. The number of hydrogen-bond donors (Lipinski definition) is 1. The molecule has 1 N–H and O–H groups in total. The lowest BCUT2D eigenvalue weighted by molar-refractivity contribution is 0.427. The largest absolute Gasteiger partial charge is 0.310 e. The molecule has 4 heteroatoms. The van der Waals surface area contributed by atoms with Gasteiger partial charge in [0.05, 0.1) is 6.54 Å². The van der Waals surface area contributed by atoms with Crippen LogP contribution in [0, 0.1) is 0 Å². The summed E-state index contributed by atoms with van der Waals surface area (Å²) in [6.45, 7) is 4.06. The lowest BCUT2D eigenvalue weighted by Crippen LogP contribution is -2.17. The molecule has 0 bridgehead atoms. The lowest BCUT2D eigenvalue weighted by atomic mass is 9.89. The SMILES string of the molecule is CCCNCc1nc(C2CCCCC2)nn1C. The van der Waals surface area contributed by atoms with Gasteiger partial charge in [0, 0.05) is 13.0 Å². The Morgan fingerprint density at radius 3 is 2.76 bits per heavy atom. The Morgan fingerprint density at radius 2 is 2.06 bits per heavy atom. The van der Waals surface area contributed by atoms with Crippen LogP contribution in [0.1, 0.15) is 63.0 Å². The first-order chi connectivity index (χ1) is 8.31. The number of hydrogen-bond acceptors (Lipinski definition) is 3. The Labute approximate surface area is 104 Å². The minimum atomic E-state index is 0.606. The zero-order chi connectivity index (χ0) is 12.1. The predicted octanol–water partition coefficient (Wildman–Crippen LogP) is 2.36. The van der Waals surface area contributed by atoms with Gasteiger partial charge in [-0.15, -0.1) is 0 Å². The molecule has 2 rings (SSSR count). The number of rotatable bonds is 5. The number of nitrogens with zero attached hydrogens (tertiary/aromatic N) is 3. The Kier molecular flexibility index (Phi) is 4.54. The van der Waals surface area contributed by atoms with Gasteiger partial charge in [-0.1, -0.05) is 26.2 Å². The third-order valence-corrected chi connectivity index (χ3v) is 3.55. The van der Waals surface area contributed by atoms with Gasteiger partial charge in [-0.2, -0.15) is 5.10 Å². The molecular weight excluding hydrogens is 212 g/mol. The fraction of sp³-hybridized carbons (Fsp3) is 0.846. The molecule has 96 valence electrons. The Balaban J connectivity index is 1.96. The molecule has 1 fully saturated rings. The Morgan fingerprint density at radius 1 is 1.29 bits per heavy atom.